The van der Waals surface area contributed by atoms with Gasteiger partial charge in [-0.25, -0.2) is 4.98 Å². The van der Waals surface area contributed by atoms with Gasteiger partial charge in [0.05, 0.1) is 30.4 Å². The summed E-state index contributed by atoms with van der Waals surface area (Å²) >= 11 is 0. The average molecular weight is 550 g/mol. The highest BCUT2D eigenvalue weighted by molar-refractivity contribution is 6.19. The lowest BCUT2D eigenvalue weighted by Crippen LogP contribution is -2.01. The second-order valence-corrected chi connectivity index (χ2v) is 9.87. The molecular weight excluding hydrogens is 508 g/mol. The number of aryl methyl sites for hydroxylation is 1. The number of nitrogens with zero attached hydrogens (tertiary/aromatic N) is 2. The summed E-state index contributed by atoms with van der Waals surface area (Å²) in [6.07, 6.45) is 0. The van der Waals surface area contributed by atoms with E-state index in [0.29, 0.717) is 60.5 Å². The predicted molar refractivity (Wildman–Crippen MR) is 177 cm³/mol. The molecule has 0 fully saturated rings. The van der Waals surface area contributed by atoms with E-state index in [1.54, 1.807) is 65.2 Å². The standard InChI is InChI=1S/C40H28N2/c1-27-41-37-21-10-11-22-38(37)42(27)40-34-20-9-8-19-33(34)39(32-18-12-17-30(25-32)28-13-4-2-5-14-28)36-26-31(23-24-35(36)40)29-15-6-3-7-16-29/h2-26H,1H3/i1D3,2D,3D,4D,5D,6D,7D,13D,14D,15D,16D. The van der Waals surface area contributed by atoms with E-state index in [4.69, 9.17) is 17.8 Å². The molecule has 2 nitrogen and oxygen atoms in total. The molecule has 8 aromatic rings. The molecule has 0 atom stereocenters. The van der Waals surface area contributed by atoms with Crippen molar-refractivity contribution in [3.8, 4) is 39.1 Å². The molecule has 8 rings (SSSR count). The summed E-state index contributed by atoms with van der Waals surface area (Å²) in [5.41, 5.74) is 3.41. The Bertz CT molecular complexity index is 2870. The Morgan fingerprint density at radius 3 is 1.95 bits per heavy atom. The van der Waals surface area contributed by atoms with Gasteiger partial charge in [-0.1, -0.05) is 127 Å². The van der Waals surface area contributed by atoms with E-state index >= 15 is 0 Å². The summed E-state index contributed by atoms with van der Waals surface area (Å²) in [5.74, 6) is -0.161. The zero-order valence-electron chi connectivity index (χ0n) is 35.1. The molecule has 1 heterocycles. The molecule has 0 saturated carbocycles. The third-order valence-corrected chi connectivity index (χ3v) is 7.51. The number of fused-ring (bicyclic) bond motifs is 3. The van der Waals surface area contributed by atoms with Crippen LogP contribution in [0.4, 0.5) is 0 Å². The molecule has 198 valence electrons. The maximum absolute atomic E-state index is 8.76. The number of imidazole rings is 1. The van der Waals surface area contributed by atoms with Crippen molar-refractivity contribution in [3.05, 3.63) is 157 Å². The molecular formula is C40H28N2. The van der Waals surface area contributed by atoms with Gasteiger partial charge in [0.15, 0.2) is 0 Å². The van der Waals surface area contributed by atoms with Crippen molar-refractivity contribution in [1.29, 1.82) is 0 Å². The summed E-state index contributed by atoms with van der Waals surface area (Å²) in [7, 11) is 0. The Balaban J connectivity index is 1.55. The summed E-state index contributed by atoms with van der Waals surface area (Å²) in [4.78, 5) is 4.56. The fraction of sp³-hybridized carbons (Fsp3) is 0.0250. The first-order valence-corrected chi connectivity index (χ1v) is 13.3. The Kier molecular flexibility index (Phi) is 3.39. The molecule has 0 aliphatic rings. The highest BCUT2D eigenvalue weighted by Crippen LogP contribution is 2.44. The van der Waals surface area contributed by atoms with E-state index in [1.165, 1.54) is 0 Å². The zero-order valence-corrected chi connectivity index (χ0v) is 22.1. The molecule has 0 aliphatic heterocycles. The highest BCUT2D eigenvalue weighted by atomic mass is 15.1. The third kappa shape index (κ3) is 3.92. The third-order valence-electron chi connectivity index (χ3n) is 7.51. The molecule has 0 N–H and O–H groups in total. The molecule has 7 aromatic carbocycles. The lowest BCUT2D eigenvalue weighted by Gasteiger charge is -2.20. The van der Waals surface area contributed by atoms with E-state index in [9.17, 15) is 0 Å². The second-order valence-electron chi connectivity index (χ2n) is 9.87. The van der Waals surface area contributed by atoms with Crippen LogP contribution in [0.15, 0.2) is 151 Å². The van der Waals surface area contributed by atoms with Crippen molar-refractivity contribution in [3.63, 3.8) is 0 Å². The zero-order chi connectivity index (χ0) is 39.2. The molecule has 0 unspecified atom stereocenters. The minimum Gasteiger partial charge on any atom is -0.295 e. The van der Waals surface area contributed by atoms with Crippen LogP contribution < -0.4 is 0 Å². The number of para-hydroxylation sites is 2. The van der Waals surface area contributed by atoms with Crippen molar-refractivity contribution in [1.82, 2.24) is 9.55 Å². The van der Waals surface area contributed by atoms with Crippen LogP contribution in [0.2, 0.25) is 0 Å². The van der Waals surface area contributed by atoms with Gasteiger partial charge >= 0.3 is 0 Å². The van der Waals surface area contributed by atoms with Crippen molar-refractivity contribution >= 4 is 32.6 Å². The number of benzene rings is 7. The Labute approximate surface area is 263 Å². The number of rotatable bonds is 4. The minimum atomic E-state index is -2.63. The van der Waals surface area contributed by atoms with Gasteiger partial charge in [-0.2, -0.15) is 0 Å². The van der Waals surface area contributed by atoms with Crippen molar-refractivity contribution in [2.24, 2.45) is 0 Å². The van der Waals surface area contributed by atoms with Gasteiger partial charge in [-0.05, 0) is 75.3 Å². The van der Waals surface area contributed by atoms with E-state index in [0.717, 1.165) is 0 Å². The van der Waals surface area contributed by atoms with Crippen molar-refractivity contribution < 1.29 is 17.8 Å². The van der Waals surface area contributed by atoms with Crippen LogP contribution in [-0.2, 0) is 0 Å². The fourth-order valence-corrected chi connectivity index (χ4v) is 5.73. The molecule has 2 heteroatoms. The van der Waals surface area contributed by atoms with Crippen LogP contribution in [0.5, 0.6) is 0 Å². The normalized spacial score (nSPS) is 16.1. The van der Waals surface area contributed by atoms with Gasteiger partial charge in [0.2, 0.25) is 0 Å². The Hall–Kier alpha value is -5.47. The maximum atomic E-state index is 8.76. The Morgan fingerprint density at radius 1 is 0.548 bits per heavy atom. The quantitative estimate of drug-likeness (QED) is 0.200. The average Bonchev–Trinajstić information content (AvgIpc) is 3.57. The minimum absolute atomic E-state index is 0.0160. The summed E-state index contributed by atoms with van der Waals surface area (Å²) in [5, 5.41) is 2.41. The number of hydrogen-bond donors (Lipinski definition) is 0. The van der Waals surface area contributed by atoms with Crippen molar-refractivity contribution in [2.45, 2.75) is 6.85 Å². The molecule has 0 spiro atoms. The second kappa shape index (κ2) is 9.87. The van der Waals surface area contributed by atoms with Gasteiger partial charge in [0.1, 0.15) is 5.82 Å². The van der Waals surface area contributed by atoms with E-state index in [-0.39, 0.29) is 41.1 Å². The first-order chi connectivity index (χ1) is 26.1. The van der Waals surface area contributed by atoms with Gasteiger partial charge in [-0.3, -0.25) is 4.57 Å². The van der Waals surface area contributed by atoms with E-state index < -0.39 is 43.1 Å². The smallest absolute Gasteiger partial charge is 0.111 e. The van der Waals surface area contributed by atoms with E-state index in [1.807, 2.05) is 30.3 Å². The van der Waals surface area contributed by atoms with Crippen LogP contribution in [-0.4, -0.2) is 9.55 Å². The predicted octanol–water partition coefficient (Wildman–Crippen LogP) is 10.6. The molecule has 0 saturated heterocycles. The topological polar surface area (TPSA) is 17.8 Å². The molecule has 0 bridgehead atoms. The van der Waals surface area contributed by atoms with Crippen LogP contribution >= 0.6 is 0 Å². The first kappa shape index (κ1) is 14.4. The van der Waals surface area contributed by atoms with Gasteiger partial charge in [0, 0.05) is 14.9 Å². The van der Waals surface area contributed by atoms with E-state index in [2.05, 4.69) is 4.98 Å². The van der Waals surface area contributed by atoms with Crippen LogP contribution in [0.25, 0.3) is 71.6 Å². The lowest BCUT2D eigenvalue weighted by atomic mass is 9.87. The fourth-order valence-electron chi connectivity index (χ4n) is 5.73. The number of hydrogen-bond acceptors (Lipinski definition) is 1. The SMILES string of the molecule is [2H]c1c([2H])c([2H])c(-c2cccc(-c3c4ccccc4c(-n4c(C([2H])([2H])[2H])nc5ccccc54)c4ccc(-c5c([2H])c([2H])c([2H])c([2H])c5[2H])cc34)c2)c([2H])c1[2H]. The van der Waals surface area contributed by atoms with Crippen molar-refractivity contribution in [2.75, 3.05) is 0 Å². The molecule has 0 aliphatic carbocycles. The molecule has 0 amide bonds. The first-order valence-electron chi connectivity index (χ1n) is 19.8. The van der Waals surface area contributed by atoms with Crippen LogP contribution in [0, 0.1) is 6.85 Å². The molecule has 0 radical (unpaired) electrons. The van der Waals surface area contributed by atoms with Gasteiger partial charge in [-0.15, -0.1) is 0 Å². The number of aromatic nitrogens is 2. The van der Waals surface area contributed by atoms with Crippen LogP contribution in [0.1, 0.15) is 23.6 Å². The highest BCUT2D eigenvalue weighted by Gasteiger charge is 2.20. The summed E-state index contributed by atoms with van der Waals surface area (Å²) in [6, 6.07) is 22.1. The largest absolute Gasteiger partial charge is 0.295 e. The molecule has 42 heavy (non-hydrogen) atoms. The maximum Gasteiger partial charge on any atom is 0.111 e. The van der Waals surface area contributed by atoms with Gasteiger partial charge < -0.3 is 0 Å². The van der Waals surface area contributed by atoms with Gasteiger partial charge in [0.25, 0.3) is 0 Å². The summed E-state index contributed by atoms with van der Waals surface area (Å²) < 4.78 is 112. The lowest BCUT2D eigenvalue weighted by molar-refractivity contribution is 1.02. The monoisotopic (exact) mass is 549 g/mol. The Morgan fingerprint density at radius 2 is 1.19 bits per heavy atom. The molecule has 1 aromatic heterocycles. The summed E-state index contributed by atoms with van der Waals surface area (Å²) in [6.45, 7) is -2.63. The van der Waals surface area contributed by atoms with Crippen LogP contribution in [0.3, 0.4) is 0 Å².